The third-order valence-electron chi connectivity index (χ3n) is 7.91. The maximum absolute atomic E-state index is 11.6. The average molecular weight is 471 g/mol. The molecule has 36 heavy (non-hydrogen) atoms. The Morgan fingerprint density at radius 1 is 0.528 bits per heavy atom. The number of phenolic OH excluding ortho intramolecular Hbond substituents is 2. The molecule has 2 atom stereocenters. The van der Waals surface area contributed by atoms with E-state index in [0.717, 1.165) is 34.7 Å². The normalized spacial score (nSPS) is 18.8. The fourth-order valence-electron chi connectivity index (χ4n) is 6.36. The summed E-state index contributed by atoms with van der Waals surface area (Å²) in [6.07, 6.45) is 1.80. The van der Waals surface area contributed by atoms with Crippen LogP contribution >= 0.6 is 0 Å². The van der Waals surface area contributed by atoms with Gasteiger partial charge in [-0.2, -0.15) is 0 Å². The van der Waals surface area contributed by atoms with E-state index in [1.54, 1.807) is 0 Å². The maximum Gasteiger partial charge on any atom is 0.133 e. The molecule has 176 valence electrons. The number of hydrogen-bond donors (Lipinski definition) is 2. The summed E-state index contributed by atoms with van der Waals surface area (Å²) in [5, 5.41) is 27.4. The number of benzene rings is 5. The molecule has 0 amide bonds. The molecule has 2 aliphatic heterocycles. The van der Waals surface area contributed by atoms with Gasteiger partial charge < -0.3 is 10.2 Å². The lowest BCUT2D eigenvalue weighted by Crippen LogP contribution is -2.34. The van der Waals surface area contributed by atoms with Crippen molar-refractivity contribution in [2.24, 2.45) is 9.98 Å². The Morgan fingerprint density at radius 3 is 1.33 bits per heavy atom. The van der Waals surface area contributed by atoms with Crippen LogP contribution in [-0.2, 0) is 0 Å². The van der Waals surface area contributed by atoms with Crippen molar-refractivity contribution in [3.8, 4) is 11.5 Å². The van der Waals surface area contributed by atoms with Crippen LogP contribution in [0, 0.1) is 0 Å². The summed E-state index contributed by atoms with van der Waals surface area (Å²) >= 11 is 0. The molecule has 2 aliphatic rings. The molecule has 0 spiro atoms. The predicted molar refractivity (Wildman–Crippen MR) is 143 cm³/mol. The topological polar surface area (TPSA) is 65.2 Å². The standard InChI is InChI=1S/C32H26N2O2/c35-31-23-13-7-8-14-24(23)32(36)28-27(31)29-25(21(15-17-33-29)19-9-3-1-4-10-19)26-22(16-18-34-30(26)28)20-11-5-2-6-12-20/h1-14,21-22,35-36H,15-18H2/t21-,22+. The largest absolute Gasteiger partial charge is 0.507 e. The number of aromatic hydroxyl groups is 2. The molecule has 4 heteroatoms. The van der Waals surface area contributed by atoms with Crippen molar-refractivity contribution < 1.29 is 10.2 Å². The molecule has 0 bridgehead atoms. The summed E-state index contributed by atoms with van der Waals surface area (Å²) in [5.41, 5.74) is 4.80. The van der Waals surface area contributed by atoms with Crippen molar-refractivity contribution in [3.63, 3.8) is 0 Å². The summed E-state index contributed by atoms with van der Waals surface area (Å²) in [6, 6.07) is 28.7. The summed E-state index contributed by atoms with van der Waals surface area (Å²) in [6.45, 7) is 1.33. The Kier molecular flexibility index (Phi) is 4.81. The average Bonchev–Trinajstić information content (AvgIpc) is 2.95. The molecule has 7 rings (SSSR count). The van der Waals surface area contributed by atoms with Crippen LogP contribution in [0.2, 0.25) is 0 Å². The zero-order valence-electron chi connectivity index (χ0n) is 19.9. The van der Waals surface area contributed by atoms with Crippen molar-refractivity contribution in [1.82, 2.24) is 0 Å². The molecule has 0 fully saturated rings. The van der Waals surface area contributed by atoms with E-state index in [4.69, 9.17) is 9.98 Å². The van der Waals surface area contributed by atoms with Gasteiger partial charge in [0.2, 0.25) is 0 Å². The lowest BCUT2D eigenvalue weighted by Gasteiger charge is -2.31. The van der Waals surface area contributed by atoms with E-state index >= 15 is 0 Å². The fourth-order valence-corrected chi connectivity index (χ4v) is 6.36. The second kappa shape index (κ2) is 8.20. The van der Waals surface area contributed by atoms with Gasteiger partial charge in [-0.3, -0.25) is 9.98 Å². The molecule has 5 aromatic rings. The third kappa shape index (κ3) is 3.00. The minimum atomic E-state index is 0.143. The molecule has 0 aromatic heterocycles. The Bertz CT molecular complexity index is 1630. The first kappa shape index (κ1) is 21.1. The molecule has 0 radical (unpaired) electrons. The summed E-state index contributed by atoms with van der Waals surface area (Å²) in [7, 11) is 0. The quantitative estimate of drug-likeness (QED) is 0.256. The number of phenols is 2. The highest BCUT2D eigenvalue weighted by Crippen LogP contribution is 2.43. The fraction of sp³-hybridized carbons (Fsp3) is 0.188. The predicted octanol–water partition coefficient (Wildman–Crippen LogP) is 5.71. The van der Waals surface area contributed by atoms with Gasteiger partial charge in [0, 0.05) is 35.7 Å². The van der Waals surface area contributed by atoms with Gasteiger partial charge in [0.1, 0.15) is 11.5 Å². The van der Waals surface area contributed by atoms with Crippen molar-refractivity contribution in [3.05, 3.63) is 118 Å². The van der Waals surface area contributed by atoms with Crippen molar-refractivity contribution in [1.29, 1.82) is 0 Å². The Balaban J connectivity index is 1.70. The molecule has 4 nitrogen and oxygen atoms in total. The maximum atomic E-state index is 11.6. The first-order valence-corrected chi connectivity index (χ1v) is 12.6. The molecule has 0 saturated carbocycles. The lowest BCUT2D eigenvalue weighted by molar-refractivity contribution is 0.477. The van der Waals surface area contributed by atoms with Gasteiger partial charge in [0.05, 0.1) is 21.5 Å². The molecule has 5 aromatic carbocycles. The highest BCUT2D eigenvalue weighted by atomic mass is 16.3. The Morgan fingerprint density at radius 2 is 0.917 bits per heavy atom. The van der Waals surface area contributed by atoms with Crippen LogP contribution < -0.4 is 10.7 Å². The minimum Gasteiger partial charge on any atom is -0.507 e. The summed E-state index contributed by atoms with van der Waals surface area (Å²) in [5.74, 6) is 0.632. The Hall–Kier alpha value is -4.18. The van der Waals surface area contributed by atoms with E-state index < -0.39 is 0 Å². The van der Waals surface area contributed by atoms with Crippen LogP contribution in [0.15, 0.2) is 94.9 Å². The second-order valence-electron chi connectivity index (χ2n) is 9.78. The van der Waals surface area contributed by atoms with Crippen LogP contribution in [0.25, 0.3) is 21.5 Å². The van der Waals surface area contributed by atoms with Gasteiger partial charge in [-0.1, -0.05) is 84.9 Å². The van der Waals surface area contributed by atoms with E-state index in [1.807, 2.05) is 36.4 Å². The van der Waals surface area contributed by atoms with E-state index in [1.165, 1.54) is 11.1 Å². The smallest absolute Gasteiger partial charge is 0.133 e. The van der Waals surface area contributed by atoms with Crippen LogP contribution in [0.3, 0.4) is 0 Å². The minimum absolute atomic E-state index is 0.143. The summed E-state index contributed by atoms with van der Waals surface area (Å²) in [4.78, 5) is 10.1. The molecule has 0 unspecified atom stereocenters. The van der Waals surface area contributed by atoms with Gasteiger partial charge in [0.15, 0.2) is 0 Å². The van der Waals surface area contributed by atoms with Gasteiger partial charge >= 0.3 is 0 Å². The number of rotatable bonds is 2. The monoisotopic (exact) mass is 470 g/mol. The molecule has 0 saturated heterocycles. The zero-order valence-corrected chi connectivity index (χ0v) is 19.9. The first-order chi connectivity index (χ1) is 17.7. The van der Waals surface area contributed by atoms with E-state index in [2.05, 4.69) is 48.5 Å². The molecule has 2 heterocycles. The molecular formula is C32H26N2O2. The zero-order chi connectivity index (χ0) is 24.2. The van der Waals surface area contributed by atoms with Crippen molar-refractivity contribution >= 4 is 21.5 Å². The highest BCUT2D eigenvalue weighted by molar-refractivity contribution is 6.10. The molecule has 2 N–H and O–H groups in total. The van der Waals surface area contributed by atoms with Crippen LogP contribution in [-0.4, -0.2) is 23.3 Å². The SMILES string of the molecule is Oc1c2ccccc2c(O)c2c3c(c4c(c12)=NCC[C@@H]4c1ccccc1)[C@H](c1ccccc1)CCN=3. The van der Waals surface area contributed by atoms with E-state index in [-0.39, 0.29) is 23.3 Å². The number of nitrogens with zero attached hydrogens (tertiary/aromatic N) is 2. The van der Waals surface area contributed by atoms with Gasteiger partial charge in [-0.05, 0) is 35.1 Å². The van der Waals surface area contributed by atoms with Crippen molar-refractivity contribution in [2.45, 2.75) is 24.7 Å². The van der Waals surface area contributed by atoms with Crippen LogP contribution in [0.1, 0.15) is 46.9 Å². The number of hydrogen-bond acceptors (Lipinski definition) is 4. The second-order valence-corrected chi connectivity index (χ2v) is 9.78. The van der Waals surface area contributed by atoms with Crippen LogP contribution in [0.4, 0.5) is 0 Å². The lowest BCUT2D eigenvalue weighted by atomic mass is 9.75. The van der Waals surface area contributed by atoms with Crippen LogP contribution in [0.5, 0.6) is 11.5 Å². The van der Waals surface area contributed by atoms with E-state index in [9.17, 15) is 10.2 Å². The van der Waals surface area contributed by atoms with Gasteiger partial charge in [0.25, 0.3) is 0 Å². The highest BCUT2D eigenvalue weighted by Gasteiger charge is 2.33. The van der Waals surface area contributed by atoms with Gasteiger partial charge in [-0.15, -0.1) is 0 Å². The van der Waals surface area contributed by atoms with Crippen molar-refractivity contribution in [2.75, 3.05) is 13.1 Å². The van der Waals surface area contributed by atoms with Gasteiger partial charge in [-0.25, -0.2) is 0 Å². The Labute approximate surface area is 208 Å². The molecular weight excluding hydrogens is 444 g/mol. The molecule has 0 aliphatic carbocycles. The number of fused-ring (bicyclic) bond motifs is 7. The summed E-state index contributed by atoms with van der Waals surface area (Å²) < 4.78 is 0. The first-order valence-electron chi connectivity index (χ1n) is 12.6. The third-order valence-corrected chi connectivity index (χ3v) is 7.91. The van der Waals surface area contributed by atoms with E-state index in [0.29, 0.717) is 34.6 Å².